The van der Waals surface area contributed by atoms with E-state index in [1.54, 1.807) is 13.0 Å². The van der Waals surface area contributed by atoms with Crippen molar-refractivity contribution < 1.29 is 9.57 Å². The molecule has 1 heterocycles. The minimum absolute atomic E-state index is 0.410. The third-order valence-corrected chi connectivity index (χ3v) is 1.17. The van der Waals surface area contributed by atoms with Crippen LogP contribution in [-0.4, -0.2) is 18.6 Å². The first kappa shape index (κ1) is 7.76. The van der Waals surface area contributed by atoms with Crippen LogP contribution in [0.5, 0.6) is 0 Å². The predicted molar refractivity (Wildman–Crippen MR) is 38.7 cm³/mol. The van der Waals surface area contributed by atoms with Gasteiger partial charge in [0.15, 0.2) is 0 Å². The Kier molecular flexibility index (Phi) is 2.24. The maximum atomic E-state index is 8.65. The third kappa shape index (κ3) is 1.57. The summed E-state index contributed by atoms with van der Waals surface area (Å²) in [4.78, 5) is 4.75. The number of hydrogen-bond donors (Lipinski definition) is 0. The highest BCUT2D eigenvalue weighted by atomic mass is 16.8. The Labute approximate surface area is 64.7 Å². The molecule has 0 aromatic heterocycles. The zero-order valence-corrected chi connectivity index (χ0v) is 6.15. The summed E-state index contributed by atoms with van der Waals surface area (Å²) in [6.07, 6.45) is 4.58. The SMILES string of the molecule is CCOC1(C#N)C=CC=NO1. The lowest BCUT2D eigenvalue weighted by atomic mass is 10.3. The fraction of sp³-hybridized carbons (Fsp3) is 0.429. The number of ether oxygens (including phenoxy) is 1. The van der Waals surface area contributed by atoms with E-state index in [-0.39, 0.29) is 0 Å². The molecular formula is C7H8N2O2. The number of nitrogens with zero attached hydrogens (tertiary/aromatic N) is 2. The monoisotopic (exact) mass is 152 g/mol. The van der Waals surface area contributed by atoms with Gasteiger partial charge < -0.3 is 9.57 Å². The Morgan fingerprint density at radius 2 is 2.64 bits per heavy atom. The lowest BCUT2D eigenvalue weighted by molar-refractivity contribution is -0.163. The van der Waals surface area contributed by atoms with E-state index in [0.717, 1.165) is 0 Å². The average Bonchev–Trinajstić information content (AvgIpc) is 2.07. The molecule has 4 nitrogen and oxygen atoms in total. The summed E-state index contributed by atoms with van der Waals surface area (Å²) in [6.45, 7) is 2.20. The van der Waals surface area contributed by atoms with E-state index >= 15 is 0 Å². The second-order valence-electron chi connectivity index (χ2n) is 1.92. The van der Waals surface area contributed by atoms with Gasteiger partial charge in [0, 0.05) is 12.7 Å². The largest absolute Gasteiger partial charge is 0.344 e. The average molecular weight is 152 g/mol. The van der Waals surface area contributed by atoms with Gasteiger partial charge in [-0.3, -0.25) is 0 Å². The van der Waals surface area contributed by atoms with Gasteiger partial charge >= 0.3 is 5.79 Å². The minimum atomic E-state index is -1.30. The van der Waals surface area contributed by atoms with Crippen LogP contribution in [0, 0.1) is 11.3 Å². The second-order valence-corrected chi connectivity index (χ2v) is 1.92. The number of oxime groups is 1. The number of allylic oxidation sites excluding steroid dienone is 1. The van der Waals surface area contributed by atoms with Crippen LogP contribution in [0.15, 0.2) is 17.3 Å². The van der Waals surface area contributed by atoms with E-state index in [1.807, 2.05) is 6.07 Å². The predicted octanol–water partition coefficient (Wildman–Crippen LogP) is 0.815. The first-order chi connectivity index (χ1) is 5.33. The maximum Gasteiger partial charge on any atom is 0.344 e. The molecule has 1 unspecified atom stereocenters. The van der Waals surface area contributed by atoms with Gasteiger partial charge in [-0.25, -0.2) is 0 Å². The molecule has 1 aliphatic heterocycles. The molecule has 0 fully saturated rings. The van der Waals surface area contributed by atoms with Crippen molar-refractivity contribution in [2.24, 2.45) is 5.16 Å². The normalized spacial score (nSPS) is 27.6. The van der Waals surface area contributed by atoms with Crippen molar-refractivity contribution in [2.45, 2.75) is 12.7 Å². The third-order valence-electron chi connectivity index (χ3n) is 1.17. The quantitative estimate of drug-likeness (QED) is 0.588. The maximum absolute atomic E-state index is 8.65. The van der Waals surface area contributed by atoms with Crippen LogP contribution in [0.3, 0.4) is 0 Å². The topological polar surface area (TPSA) is 54.6 Å². The van der Waals surface area contributed by atoms with E-state index < -0.39 is 5.79 Å². The molecule has 4 heteroatoms. The molecule has 0 radical (unpaired) electrons. The van der Waals surface area contributed by atoms with Crippen LogP contribution >= 0.6 is 0 Å². The van der Waals surface area contributed by atoms with Crippen molar-refractivity contribution in [1.82, 2.24) is 0 Å². The van der Waals surface area contributed by atoms with Crippen molar-refractivity contribution in [3.63, 3.8) is 0 Å². The molecule has 0 saturated heterocycles. The molecule has 1 rings (SSSR count). The number of nitriles is 1. The van der Waals surface area contributed by atoms with E-state index in [0.29, 0.717) is 6.61 Å². The van der Waals surface area contributed by atoms with Crippen LogP contribution in [0.2, 0.25) is 0 Å². The summed E-state index contributed by atoms with van der Waals surface area (Å²) in [5, 5.41) is 12.1. The van der Waals surface area contributed by atoms with E-state index in [2.05, 4.69) is 5.16 Å². The summed E-state index contributed by atoms with van der Waals surface area (Å²) in [5.41, 5.74) is 0. The first-order valence-electron chi connectivity index (χ1n) is 3.27. The van der Waals surface area contributed by atoms with E-state index in [4.69, 9.17) is 14.8 Å². The van der Waals surface area contributed by atoms with Crippen LogP contribution in [0.4, 0.5) is 0 Å². The Morgan fingerprint density at radius 3 is 3.09 bits per heavy atom. The summed E-state index contributed by atoms with van der Waals surface area (Å²) < 4.78 is 5.04. The molecule has 0 N–H and O–H groups in total. The van der Waals surface area contributed by atoms with Gasteiger partial charge in [0.2, 0.25) is 0 Å². The van der Waals surface area contributed by atoms with Crippen molar-refractivity contribution in [3.8, 4) is 6.07 Å². The molecule has 0 aromatic carbocycles. The zero-order chi connectivity index (χ0) is 8.16. The second kappa shape index (κ2) is 3.17. The fourth-order valence-corrected chi connectivity index (χ4v) is 0.723. The van der Waals surface area contributed by atoms with Crippen LogP contribution in [0.1, 0.15) is 6.92 Å². The Balaban J connectivity index is 2.70. The molecule has 0 amide bonds. The molecule has 0 bridgehead atoms. The highest BCUT2D eigenvalue weighted by molar-refractivity contribution is 5.71. The van der Waals surface area contributed by atoms with Crippen LogP contribution < -0.4 is 0 Å². The molecule has 0 aliphatic carbocycles. The molecule has 1 aliphatic rings. The lowest BCUT2D eigenvalue weighted by Crippen LogP contribution is -2.31. The highest BCUT2D eigenvalue weighted by Gasteiger charge is 2.31. The summed E-state index contributed by atoms with van der Waals surface area (Å²) in [6, 6.07) is 1.87. The minimum Gasteiger partial charge on any atom is -0.340 e. The zero-order valence-electron chi connectivity index (χ0n) is 6.15. The summed E-state index contributed by atoms with van der Waals surface area (Å²) >= 11 is 0. The van der Waals surface area contributed by atoms with Crippen LogP contribution in [0.25, 0.3) is 0 Å². The van der Waals surface area contributed by atoms with Gasteiger partial charge in [0.25, 0.3) is 0 Å². The lowest BCUT2D eigenvalue weighted by Gasteiger charge is -2.20. The molecule has 11 heavy (non-hydrogen) atoms. The van der Waals surface area contributed by atoms with Crippen LogP contribution in [-0.2, 0) is 9.57 Å². The molecule has 1 atom stereocenters. The summed E-state index contributed by atoms with van der Waals surface area (Å²) in [7, 11) is 0. The van der Waals surface area contributed by atoms with Gasteiger partial charge in [-0.1, -0.05) is 5.16 Å². The summed E-state index contributed by atoms with van der Waals surface area (Å²) in [5.74, 6) is -1.30. The molecule has 0 spiro atoms. The smallest absolute Gasteiger partial charge is 0.340 e. The molecule has 58 valence electrons. The fourth-order valence-electron chi connectivity index (χ4n) is 0.723. The standard InChI is InChI=1S/C7H8N2O2/c1-2-10-7(6-8)4-3-5-9-11-7/h3-5H,2H2,1H3. The number of rotatable bonds is 2. The molecule has 0 aromatic rings. The van der Waals surface area contributed by atoms with Gasteiger partial charge in [-0.15, -0.1) is 0 Å². The first-order valence-corrected chi connectivity index (χ1v) is 3.27. The van der Waals surface area contributed by atoms with Gasteiger partial charge in [-0.05, 0) is 13.0 Å². The number of hydrogen-bond acceptors (Lipinski definition) is 4. The van der Waals surface area contributed by atoms with Gasteiger partial charge in [0.05, 0.1) is 6.21 Å². The van der Waals surface area contributed by atoms with Crippen molar-refractivity contribution in [2.75, 3.05) is 6.61 Å². The van der Waals surface area contributed by atoms with Crippen molar-refractivity contribution in [3.05, 3.63) is 12.2 Å². The van der Waals surface area contributed by atoms with Crippen molar-refractivity contribution in [1.29, 1.82) is 5.26 Å². The Morgan fingerprint density at radius 1 is 1.82 bits per heavy atom. The van der Waals surface area contributed by atoms with Gasteiger partial charge in [0.1, 0.15) is 6.07 Å². The van der Waals surface area contributed by atoms with Gasteiger partial charge in [-0.2, -0.15) is 5.26 Å². The molecule has 0 saturated carbocycles. The highest BCUT2D eigenvalue weighted by Crippen LogP contribution is 2.16. The Bertz CT molecular complexity index is 229. The van der Waals surface area contributed by atoms with E-state index in [9.17, 15) is 0 Å². The Hall–Kier alpha value is -1.34. The van der Waals surface area contributed by atoms with Crippen molar-refractivity contribution >= 4 is 6.21 Å². The molecular weight excluding hydrogens is 144 g/mol. The van der Waals surface area contributed by atoms with E-state index in [1.165, 1.54) is 12.3 Å².